The van der Waals surface area contributed by atoms with E-state index in [1.807, 2.05) is 66.7 Å². The highest BCUT2D eigenvalue weighted by atomic mass is 32.2. The van der Waals surface area contributed by atoms with Gasteiger partial charge in [-0.25, -0.2) is 0 Å². The molecule has 164 valence electrons. The highest BCUT2D eigenvalue weighted by Crippen LogP contribution is 2.44. The fourth-order valence-corrected chi connectivity index (χ4v) is 5.72. The van der Waals surface area contributed by atoms with E-state index in [1.165, 1.54) is 4.31 Å². The highest BCUT2D eigenvalue weighted by molar-refractivity contribution is 7.94. The molecule has 0 saturated heterocycles. The van der Waals surface area contributed by atoms with Crippen LogP contribution in [0.15, 0.2) is 72.8 Å². The van der Waals surface area contributed by atoms with Crippen molar-refractivity contribution in [1.29, 1.82) is 0 Å². The molecular formula is C26H26N2O3S. The average Bonchev–Trinajstić information content (AvgIpc) is 3.62. The number of hydrogen-bond donors (Lipinski definition) is 0. The maximum Gasteiger partial charge on any atom is 0.326 e. The smallest absolute Gasteiger partial charge is 0.294 e. The molecule has 1 aliphatic carbocycles. The van der Waals surface area contributed by atoms with E-state index >= 15 is 0 Å². The van der Waals surface area contributed by atoms with Gasteiger partial charge in [0, 0.05) is 25.6 Å². The molecule has 0 N–H and O–H groups in total. The Kier molecular flexibility index (Phi) is 5.25. The third-order valence-corrected chi connectivity index (χ3v) is 8.12. The molecule has 0 unspecified atom stereocenters. The number of carbonyl (C=O) groups excluding carboxylic acids is 1. The Morgan fingerprint density at radius 2 is 1.66 bits per heavy atom. The quantitative estimate of drug-likeness (QED) is 0.476. The van der Waals surface area contributed by atoms with Gasteiger partial charge in [0.1, 0.15) is 0 Å². The van der Waals surface area contributed by atoms with Gasteiger partial charge in [-0.15, -0.1) is 0 Å². The van der Waals surface area contributed by atoms with Crippen molar-refractivity contribution in [3.8, 4) is 11.1 Å². The van der Waals surface area contributed by atoms with Gasteiger partial charge in [0.05, 0.1) is 11.4 Å². The molecule has 3 aromatic carbocycles. The number of benzene rings is 3. The van der Waals surface area contributed by atoms with Crippen LogP contribution < -0.4 is 8.61 Å². The van der Waals surface area contributed by atoms with Crippen LogP contribution in [0.2, 0.25) is 0 Å². The normalized spacial score (nSPS) is 16.8. The Hall–Kier alpha value is -3.12. The molecule has 0 aromatic heterocycles. The summed E-state index contributed by atoms with van der Waals surface area (Å²) in [5, 5.41) is 0. The molecule has 1 heterocycles. The lowest BCUT2D eigenvalue weighted by Crippen LogP contribution is -2.36. The van der Waals surface area contributed by atoms with Gasteiger partial charge in [-0.05, 0) is 54.0 Å². The second kappa shape index (κ2) is 8.10. The van der Waals surface area contributed by atoms with Crippen LogP contribution in [0.25, 0.3) is 11.1 Å². The Morgan fingerprint density at radius 3 is 2.41 bits per heavy atom. The molecule has 0 atom stereocenters. The summed E-state index contributed by atoms with van der Waals surface area (Å²) in [5.74, 6) is 0.607. The van der Waals surface area contributed by atoms with Crippen LogP contribution in [0, 0.1) is 5.92 Å². The lowest BCUT2D eigenvalue weighted by atomic mass is 9.98. The first-order valence-electron chi connectivity index (χ1n) is 11.0. The fourth-order valence-electron chi connectivity index (χ4n) is 4.22. The van der Waals surface area contributed by atoms with Crippen LogP contribution in [-0.4, -0.2) is 27.8 Å². The Bertz CT molecular complexity index is 1270. The Morgan fingerprint density at radius 1 is 0.906 bits per heavy atom. The largest absolute Gasteiger partial charge is 0.326 e. The minimum absolute atomic E-state index is 0.135. The number of Topliss-reactive ketones (excluding diaryl/α,β-unsaturated/α-hetero) is 1. The van der Waals surface area contributed by atoms with Gasteiger partial charge in [0.2, 0.25) is 0 Å². The zero-order valence-electron chi connectivity index (χ0n) is 18.1. The molecule has 1 aliphatic heterocycles. The van der Waals surface area contributed by atoms with Crippen LogP contribution in [0.5, 0.6) is 0 Å². The number of nitrogens with zero attached hydrogens (tertiary/aromatic N) is 2. The predicted octanol–water partition coefficient (Wildman–Crippen LogP) is 5.08. The summed E-state index contributed by atoms with van der Waals surface area (Å²) < 4.78 is 28.7. The molecule has 2 aliphatic rings. The standard InChI is InChI=1S/C26H26N2O3S/c1-27-25-17-23(13-14-24(25)28(32(27,30)31)18-20-10-11-20)22-9-5-6-19(16-22)12-15-26(29)21-7-3-2-4-8-21/h2-9,13-14,16-17,20H,10-12,15,18H2,1H3. The van der Waals surface area contributed by atoms with Gasteiger partial charge in [0.25, 0.3) is 0 Å². The topological polar surface area (TPSA) is 57.7 Å². The van der Waals surface area contributed by atoms with Crippen LogP contribution in [0.1, 0.15) is 35.2 Å². The van der Waals surface area contributed by atoms with Gasteiger partial charge in [0.15, 0.2) is 5.78 Å². The minimum atomic E-state index is -3.50. The SMILES string of the molecule is CN1c2cc(-c3cccc(CCC(=O)c4ccccc4)c3)ccc2N(CC2CC2)S1(=O)=O. The summed E-state index contributed by atoms with van der Waals surface area (Å²) in [5.41, 5.74) is 5.28. The third-order valence-electron chi connectivity index (χ3n) is 6.33. The van der Waals surface area contributed by atoms with Crippen LogP contribution in [-0.2, 0) is 16.6 Å². The number of anilines is 2. The summed E-state index contributed by atoms with van der Waals surface area (Å²) in [6.07, 6.45) is 3.32. The Labute approximate surface area is 189 Å². The number of hydrogen-bond acceptors (Lipinski definition) is 3. The maximum absolute atomic E-state index is 12.9. The third kappa shape index (κ3) is 3.91. The second-order valence-electron chi connectivity index (χ2n) is 8.64. The molecule has 6 heteroatoms. The van der Waals surface area contributed by atoms with Gasteiger partial charge >= 0.3 is 10.2 Å². The van der Waals surface area contributed by atoms with E-state index in [1.54, 1.807) is 11.4 Å². The summed E-state index contributed by atoms with van der Waals surface area (Å²) in [6.45, 7) is 0.559. The van der Waals surface area contributed by atoms with Crippen molar-refractivity contribution in [2.24, 2.45) is 5.92 Å². The van der Waals surface area contributed by atoms with Gasteiger partial charge < -0.3 is 0 Å². The van der Waals surface area contributed by atoms with Crippen molar-refractivity contribution in [2.45, 2.75) is 25.7 Å². The molecule has 0 spiro atoms. The minimum Gasteiger partial charge on any atom is -0.294 e. The molecule has 0 radical (unpaired) electrons. The zero-order chi connectivity index (χ0) is 22.3. The first-order valence-corrected chi connectivity index (χ1v) is 12.4. The molecule has 0 amide bonds. The highest BCUT2D eigenvalue weighted by Gasteiger charge is 2.40. The number of ketones is 1. The maximum atomic E-state index is 12.9. The molecule has 0 bridgehead atoms. The first kappa shape index (κ1) is 20.8. The van der Waals surface area contributed by atoms with E-state index in [0.29, 0.717) is 31.0 Å². The molecule has 3 aromatic rings. The first-order chi connectivity index (χ1) is 15.4. The zero-order valence-corrected chi connectivity index (χ0v) is 18.9. The fraction of sp³-hybridized carbons (Fsp3) is 0.269. The van der Waals surface area contributed by atoms with E-state index in [2.05, 4.69) is 6.07 Å². The molecule has 1 fully saturated rings. The lowest BCUT2D eigenvalue weighted by Gasteiger charge is -2.18. The van der Waals surface area contributed by atoms with E-state index in [-0.39, 0.29) is 5.78 Å². The van der Waals surface area contributed by atoms with Crippen LogP contribution >= 0.6 is 0 Å². The molecule has 5 nitrogen and oxygen atoms in total. The molecule has 5 rings (SSSR count). The summed E-state index contributed by atoms with van der Waals surface area (Å²) in [6, 6.07) is 23.4. The number of carbonyl (C=O) groups is 1. The second-order valence-corrected chi connectivity index (χ2v) is 10.5. The Balaban J connectivity index is 1.37. The summed E-state index contributed by atoms with van der Waals surface area (Å²) in [7, 11) is -1.88. The van der Waals surface area contributed by atoms with Crippen LogP contribution in [0.4, 0.5) is 11.4 Å². The number of aryl methyl sites for hydroxylation is 1. The summed E-state index contributed by atoms with van der Waals surface area (Å²) >= 11 is 0. The number of rotatable bonds is 7. The van der Waals surface area contributed by atoms with Crippen molar-refractivity contribution in [3.05, 3.63) is 83.9 Å². The summed E-state index contributed by atoms with van der Waals surface area (Å²) in [4.78, 5) is 12.4. The van der Waals surface area contributed by atoms with Crippen LogP contribution in [0.3, 0.4) is 0 Å². The van der Waals surface area contributed by atoms with Crippen molar-refractivity contribution in [3.63, 3.8) is 0 Å². The van der Waals surface area contributed by atoms with Crippen molar-refractivity contribution < 1.29 is 13.2 Å². The van der Waals surface area contributed by atoms with Crippen molar-refractivity contribution in [1.82, 2.24) is 0 Å². The van der Waals surface area contributed by atoms with Gasteiger partial charge in [-0.3, -0.25) is 13.4 Å². The molecule has 1 saturated carbocycles. The van der Waals surface area contributed by atoms with E-state index in [4.69, 9.17) is 0 Å². The molecule has 32 heavy (non-hydrogen) atoms. The average molecular weight is 447 g/mol. The lowest BCUT2D eigenvalue weighted by molar-refractivity contribution is 0.0983. The number of fused-ring (bicyclic) bond motifs is 1. The van der Waals surface area contributed by atoms with E-state index < -0.39 is 10.2 Å². The van der Waals surface area contributed by atoms with E-state index in [9.17, 15) is 13.2 Å². The molecular weight excluding hydrogens is 420 g/mol. The van der Waals surface area contributed by atoms with E-state index in [0.717, 1.165) is 40.8 Å². The van der Waals surface area contributed by atoms with Gasteiger partial charge in [-0.1, -0.05) is 60.7 Å². The monoisotopic (exact) mass is 446 g/mol. The van der Waals surface area contributed by atoms with Crippen molar-refractivity contribution >= 4 is 27.4 Å². The van der Waals surface area contributed by atoms with Gasteiger partial charge in [-0.2, -0.15) is 8.42 Å². The predicted molar refractivity (Wildman–Crippen MR) is 128 cm³/mol. The van der Waals surface area contributed by atoms with Crippen molar-refractivity contribution in [2.75, 3.05) is 22.2 Å².